The molecule has 2 aliphatic carbocycles. The van der Waals surface area contributed by atoms with Gasteiger partial charge in [0.25, 0.3) is 0 Å². The normalized spacial score (nSPS) is 24.9. The van der Waals surface area contributed by atoms with Crippen LogP contribution in [0.3, 0.4) is 0 Å². The summed E-state index contributed by atoms with van der Waals surface area (Å²) in [5.74, 6) is -1.79. The number of rotatable bonds is 4. The standard InChI is InChI=1S/C24H21F4NO3/c1-32-18-4-2-3-17-20(18)19(13-9-23(10-13)11-14(12-23)22(30)31)21(24(26,27)28)29(17)16-7-5-15(25)6-8-16/h2-8,13-14H,9-12H2,1H3,(H,30,31). The fourth-order valence-electron chi connectivity index (χ4n) is 5.72. The molecule has 2 aromatic carbocycles. The second kappa shape index (κ2) is 6.98. The zero-order valence-corrected chi connectivity index (χ0v) is 17.2. The van der Waals surface area contributed by atoms with Crippen LogP contribution in [-0.4, -0.2) is 22.8 Å². The summed E-state index contributed by atoms with van der Waals surface area (Å²) in [7, 11) is 1.42. The monoisotopic (exact) mass is 447 g/mol. The fraction of sp³-hybridized carbons (Fsp3) is 0.375. The second-order valence-corrected chi connectivity index (χ2v) is 8.97. The Morgan fingerprint density at radius 1 is 1.09 bits per heavy atom. The van der Waals surface area contributed by atoms with Gasteiger partial charge in [-0.3, -0.25) is 4.79 Å². The van der Waals surface area contributed by atoms with Gasteiger partial charge in [-0.25, -0.2) is 4.39 Å². The van der Waals surface area contributed by atoms with E-state index < -0.39 is 29.6 Å². The molecule has 0 radical (unpaired) electrons. The minimum absolute atomic E-state index is 0.179. The van der Waals surface area contributed by atoms with Gasteiger partial charge in [-0.15, -0.1) is 0 Å². The Hall–Kier alpha value is -3.03. The number of carboxylic acid groups (broad SMARTS) is 1. The van der Waals surface area contributed by atoms with E-state index >= 15 is 0 Å². The second-order valence-electron chi connectivity index (χ2n) is 8.97. The van der Waals surface area contributed by atoms with Crippen LogP contribution in [0.2, 0.25) is 0 Å². The summed E-state index contributed by atoms with van der Waals surface area (Å²) in [4.78, 5) is 11.2. The van der Waals surface area contributed by atoms with Crippen molar-refractivity contribution in [1.29, 1.82) is 0 Å². The first-order valence-corrected chi connectivity index (χ1v) is 10.4. The van der Waals surface area contributed by atoms with E-state index in [0.29, 0.717) is 42.3 Å². The zero-order valence-electron chi connectivity index (χ0n) is 17.2. The highest BCUT2D eigenvalue weighted by Crippen LogP contribution is 2.66. The predicted octanol–water partition coefficient (Wildman–Crippen LogP) is 6.16. The third kappa shape index (κ3) is 3.07. The lowest BCUT2D eigenvalue weighted by Crippen LogP contribution is -2.49. The molecule has 8 heteroatoms. The number of aliphatic carboxylic acids is 1. The molecule has 0 aliphatic heterocycles. The van der Waals surface area contributed by atoms with Gasteiger partial charge >= 0.3 is 12.1 Å². The van der Waals surface area contributed by atoms with Gasteiger partial charge in [0, 0.05) is 11.1 Å². The Labute approximate surface area is 181 Å². The van der Waals surface area contributed by atoms with Gasteiger partial charge in [-0.2, -0.15) is 13.2 Å². The number of methoxy groups -OCH3 is 1. The topological polar surface area (TPSA) is 51.5 Å². The van der Waals surface area contributed by atoms with Crippen molar-refractivity contribution < 1.29 is 32.2 Å². The maximum absolute atomic E-state index is 14.5. The quantitative estimate of drug-likeness (QED) is 0.488. The minimum atomic E-state index is -4.65. The first-order valence-electron chi connectivity index (χ1n) is 10.4. The van der Waals surface area contributed by atoms with Crippen LogP contribution in [0.5, 0.6) is 5.75 Å². The Kier molecular flexibility index (Phi) is 4.55. The van der Waals surface area contributed by atoms with Crippen LogP contribution in [-0.2, 0) is 11.0 Å². The molecule has 2 saturated carbocycles. The van der Waals surface area contributed by atoms with Crippen LogP contribution in [0.15, 0.2) is 42.5 Å². The molecular formula is C24H21F4NO3. The Morgan fingerprint density at radius 2 is 1.75 bits per heavy atom. The van der Waals surface area contributed by atoms with Crippen molar-refractivity contribution in [2.75, 3.05) is 7.11 Å². The van der Waals surface area contributed by atoms with Gasteiger partial charge in [0.1, 0.15) is 17.3 Å². The largest absolute Gasteiger partial charge is 0.496 e. The van der Waals surface area contributed by atoms with Crippen molar-refractivity contribution in [1.82, 2.24) is 4.57 Å². The van der Waals surface area contributed by atoms with Crippen molar-refractivity contribution >= 4 is 16.9 Å². The van der Waals surface area contributed by atoms with E-state index in [4.69, 9.17) is 4.74 Å². The van der Waals surface area contributed by atoms with E-state index in [1.807, 2.05) is 0 Å². The maximum atomic E-state index is 14.5. The number of halogens is 4. The molecule has 2 fully saturated rings. The van der Waals surface area contributed by atoms with Gasteiger partial charge in [0.15, 0.2) is 0 Å². The molecule has 168 valence electrons. The summed E-state index contributed by atoms with van der Waals surface area (Å²) < 4.78 is 63.6. The van der Waals surface area contributed by atoms with E-state index in [1.54, 1.807) is 18.2 Å². The Balaban J connectivity index is 1.69. The van der Waals surface area contributed by atoms with Gasteiger partial charge in [0.2, 0.25) is 0 Å². The molecule has 1 aromatic heterocycles. The number of fused-ring (bicyclic) bond motifs is 1. The van der Waals surface area contributed by atoms with Crippen molar-refractivity contribution in [2.24, 2.45) is 11.3 Å². The molecule has 1 spiro atoms. The lowest BCUT2D eigenvalue weighted by Gasteiger charge is -2.57. The third-order valence-corrected chi connectivity index (χ3v) is 7.04. The van der Waals surface area contributed by atoms with Crippen LogP contribution in [0.4, 0.5) is 17.6 Å². The van der Waals surface area contributed by atoms with Gasteiger partial charge in [0.05, 0.1) is 18.5 Å². The molecule has 0 atom stereocenters. The molecule has 5 rings (SSSR count). The molecule has 32 heavy (non-hydrogen) atoms. The Morgan fingerprint density at radius 3 is 2.31 bits per heavy atom. The van der Waals surface area contributed by atoms with Crippen molar-refractivity contribution in [3.05, 3.63) is 59.5 Å². The minimum Gasteiger partial charge on any atom is -0.496 e. The SMILES string of the molecule is COc1cccc2c1c(C1CC3(CC(C(=O)O)C3)C1)c(C(F)(F)F)n2-c1ccc(F)cc1. The summed E-state index contributed by atoms with van der Waals surface area (Å²) >= 11 is 0. The number of hydrogen-bond acceptors (Lipinski definition) is 2. The van der Waals surface area contributed by atoms with Crippen LogP contribution in [0.1, 0.15) is 42.9 Å². The van der Waals surface area contributed by atoms with Gasteiger partial charge in [-0.1, -0.05) is 6.07 Å². The van der Waals surface area contributed by atoms with Crippen molar-refractivity contribution in [3.8, 4) is 11.4 Å². The van der Waals surface area contributed by atoms with Crippen molar-refractivity contribution in [2.45, 2.75) is 37.8 Å². The summed E-state index contributed by atoms with van der Waals surface area (Å²) in [6.07, 6.45) is -2.61. The molecule has 3 aromatic rings. The van der Waals surface area contributed by atoms with E-state index in [1.165, 1.54) is 19.2 Å². The molecule has 1 N–H and O–H groups in total. The summed E-state index contributed by atoms with van der Waals surface area (Å²) in [5.41, 5.74) is -0.234. The first-order chi connectivity index (χ1) is 15.1. The lowest BCUT2D eigenvalue weighted by atomic mass is 9.47. The molecule has 0 saturated heterocycles. The molecule has 0 amide bonds. The fourth-order valence-corrected chi connectivity index (χ4v) is 5.72. The van der Waals surface area contributed by atoms with Crippen LogP contribution < -0.4 is 4.74 Å². The average Bonchev–Trinajstić information content (AvgIpc) is 3.02. The molecule has 0 bridgehead atoms. The van der Waals surface area contributed by atoms with Gasteiger partial charge < -0.3 is 14.4 Å². The zero-order chi connectivity index (χ0) is 22.8. The maximum Gasteiger partial charge on any atom is 0.432 e. The highest BCUT2D eigenvalue weighted by atomic mass is 19.4. The van der Waals surface area contributed by atoms with Gasteiger partial charge in [-0.05, 0) is 79.0 Å². The number of nitrogens with zero attached hydrogens (tertiary/aromatic N) is 1. The van der Waals surface area contributed by atoms with Crippen LogP contribution in [0, 0.1) is 17.2 Å². The summed E-state index contributed by atoms with van der Waals surface area (Å²) in [6.45, 7) is 0. The van der Waals surface area contributed by atoms with Crippen molar-refractivity contribution in [3.63, 3.8) is 0 Å². The van der Waals surface area contributed by atoms with Crippen LogP contribution in [0.25, 0.3) is 16.6 Å². The number of alkyl halides is 3. The molecule has 0 unspecified atom stereocenters. The number of carbonyl (C=O) groups is 1. The third-order valence-electron chi connectivity index (χ3n) is 7.04. The predicted molar refractivity (Wildman–Crippen MR) is 110 cm³/mol. The number of hydrogen-bond donors (Lipinski definition) is 1. The molecule has 4 nitrogen and oxygen atoms in total. The Bertz CT molecular complexity index is 1200. The number of aromatic nitrogens is 1. The number of ether oxygens (including phenoxy) is 1. The summed E-state index contributed by atoms with van der Waals surface area (Å²) in [6, 6.07) is 9.83. The smallest absolute Gasteiger partial charge is 0.432 e. The highest BCUT2D eigenvalue weighted by molar-refractivity contribution is 5.93. The highest BCUT2D eigenvalue weighted by Gasteiger charge is 2.57. The lowest BCUT2D eigenvalue weighted by molar-refractivity contribution is -0.156. The van der Waals surface area contributed by atoms with E-state index in [0.717, 1.165) is 16.7 Å². The molecule has 2 aliphatic rings. The number of carboxylic acids is 1. The van der Waals surface area contributed by atoms with E-state index in [2.05, 4.69) is 0 Å². The van der Waals surface area contributed by atoms with E-state index in [9.17, 15) is 27.5 Å². The molecular weight excluding hydrogens is 426 g/mol. The van der Waals surface area contributed by atoms with Crippen LogP contribution >= 0.6 is 0 Å². The average molecular weight is 447 g/mol. The summed E-state index contributed by atoms with van der Waals surface area (Å²) in [5, 5.41) is 9.59. The first kappa shape index (κ1) is 20.8. The molecule has 1 heterocycles. The van der Waals surface area contributed by atoms with E-state index in [-0.39, 0.29) is 22.6 Å². The number of benzene rings is 2.